The second-order valence-corrected chi connectivity index (χ2v) is 7.77. The zero-order valence-corrected chi connectivity index (χ0v) is 17.4. The topological polar surface area (TPSA) is 65.4 Å². The van der Waals surface area contributed by atoms with Gasteiger partial charge in [-0.2, -0.15) is 5.26 Å². The largest absolute Gasteiger partial charge is 0.450 e. The highest BCUT2D eigenvalue weighted by Gasteiger charge is 2.24. The quantitative estimate of drug-likeness (QED) is 0.652. The van der Waals surface area contributed by atoms with Crippen molar-refractivity contribution < 1.29 is 9.53 Å². The Balaban J connectivity index is 1.58. The summed E-state index contributed by atoms with van der Waals surface area (Å²) in [4.78, 5) is 14.2. The molecule has 1 heterocycles. The average molecular weight is 412 g/mol. The van der Waals surface area contributed by atoms with Crippen LogP contribution < -0.4 is 5.32 Å². The van der Waals surface area contributed by atoms with Crippen LogP contribution in [0, 0.1) is 11.3 Å². The average Bonchev–Trinajstić information content (AvgIpc) is 3.16. The van der Waals surface area contributed by atoms with Gasteiger partial charge in [0, 0.05) is 36.3 Å². The number of benzene rings is 2. The molecule has 0 bridgehead atoms. The van der Waals surface area contributed by atoms with Gasteiger partial charge in [0.1, 0.15) is 0 Å². The van der Waals surface area contributed by atoms with E-state index in [-0.39, 0.29) is 12.1 Å². The minimum absolute atomic E-state index is 0.120. The summed E-state index contributed by atoms with van der Waals surface area (Å²) in [6.45, 7) is 5.07. The summed E-state index contributed by atoms with van der Waals surface area (Å²) in [7, 11) is 0. The summed E-state index contributed by atoms with van der Waals surface area (Å²) in [5, 5.41) is 12.6. The van der Waals surface area contributed by atoms with Crippen LogP contribution in [0.25, 0.3) is 11.1 Å². The Labute approximate surface area is 177 Å². The fourth-order valence-electron chi connectivity index (χ4n) is 3.49. The summed E-state index contributed by atoms with van der Waals surface area (Å²) in [6, 6.07) is 15.7. The molecule has 1 aliphatic rings. The van der Waals surface area contributed by atoms with Crippen LogP contribution in [0.4, 0.5) is 4.79 Å². The van der Waals surface area contributed by atoms with Crippen molar-refractivity contribution in [2.75, 3.05) is 19.7 Å². The van der Waals surface area contributed by atoms with Crippen LogP contribution in [0.2, 0.25) is 5.02 Å². The number of rotatable bonds is 7. The minimum Gasteiger partial charge on any atom is -0.450 e. The maximum atomic E-state index is 11.8. The molecule has 6 heteroatoms. The second-order valence-electron chi connectivity index (χ2n) is 7.36. The standard InChI is InChI=1S/C23H26ClN3O2/c1-2-3-12-29-23(28)26-20-10-11-27(16-20)15-18-6-9-22(24)21(13-18)19-7-4-17(14-25)5-8-19/h4-9,13,20H,2-3,10-12,15-16H2,1H3,(H,26,28)/t20-/m0/s1. The van der Waals surface area contributed by atoms with Crippen molar-refractivity contribution in [3.8, 4) is 17.2 Å². The maximum Gasteiger partial charge on any atom is 0.407 e. The molecule has 2 aromatic carbocycles. The van der Waals surface area contributed by atoms with Gasteiger partial charge in [0.05, 0.1) is 18.2 Å². The van der Waals surface area contributed by atoms with Crippen LogP contribution in [0.15, 0.2) is 42.5 Å². The fraction of sp³-hybridized carbons (Fsp3) is 0.391. The molecule has 1 fully saturated rings. The Morgan fingerprint density at radius 1 is 1.31 bits per heavy atom. The number of nitriles is 1. The summed E-state index contributed by atoms with van der Waals surface area (Å²) < 4.78 is 5.19. The van der Waals surface area contributed by atoms with Gasteiger partial charge in [-0.15, -0.1) is 0 Å². The number of hydrogen-bond acceptors (Lipinski definition) is 4. The van der Waals surface area contributed by atoms with E-state index in [1.54, 1.807) is 12.1 Å². The number of nitrogens with zero attached hydrogens (tertiary/aromatic N) is 2. The Kier molecular flexibility index (Phi) is 7.51. The predicted molar refractivity (Wildman–Crippen MR) is 115 cm³/mol. The highest BCUT2D eigenvalue weighted by atomic mass is 35.5. The molecule has 1 amide bonds. The highest BCUT2D eigenvalue weighted by molar-refractivity contribution is 6.33. The first kappa shape index (κ1) is 21.2. The van der Waals surface area contributed by atoms with Crippen molar-refractivity contribution in [1.82, 2.24) is 10.2 Å². The Morgan fingerprint density at radius 3 is 2.83 bits per heavy atom. The van der Waals surface area contributed by atoms with Gasteiger partial charge in [0.15, 0.2) is 0 Å². The Bertz CT molecular complexity index is 877. The minimum atomic E-state index is -0.320. The summed E-state index contributed by atoms with van der Waals surface area (Å²) >= 11 is 6.41. The van der Waals surface area contributed by atoms with Gasteiger partial charge in [-0.05, 0) is 48.2 Å². The number of ether oxygens (including phenoxy) is 1. The molecule has 0 unspecified atom stereocenters. The maximum absolute atomic E-state index is 11.8. The van der Waals surface area contributed by atoms with Crippen molar-refractivity contribution >= 4 is 17.7 Å². The molecule has 1 atom stereocenters. The lowest BCUT2D eigenvalue weighted by molar-refractivity contribution is 0.140. The smallest absolute Gasteiger partial charge is 0.407 e. The first-order valence-electron chi connectivity index (χ1n) is 10.0. The number of unbranched alkanes of at least 4 members (excludes halogenated alkanes) is 1. The van der Waals surface area contributed by atoms with Crippen molar-refractivity contribution in [3.05, 3.63) is 58.6 Å². The van der Waals surface area contributed by atoms with Gasteiger partial charge in [0.2, 0.25) is 0 Å². The molecular weight excluding hydrogens is 386 g/mol. The van der Waals surface area contributed by atoms with Crippen LogP contribution in [-0.2, 0) is 11.3 Å². The van der Waals surface area contributed by atoms with Crippen LogP contribution in [0.3, 0.4) is 0 Å². The number of alkyl carbamates (subject to hydrolysis) is 1. The number of carbonyl (C=O) groups is 1. The van der Waals surface area contributed by atoms with E-state index in [0.29, 0.717) is 17.2 Å². The first-order valence-corrected chi connectivity index (χ1v) is 10.4. The molecule has 1 aliphatic heterocycles. The molecule has 29 heavy (non-hydrogen) atoms. The number of halogens is 1. The number of likely N-dealkylation sites (tertiary alicyclic amines) is 1. The van der Waals surface area contributed by atoms with E-state index in [2.05, 4.69) is 29.3 Å². The molecule has 0 aromatic heterocycles. The van der Waals surface area contributed by atoms with E-state index in [4.69, 9.17) is 21.6 Å². The van der Waals surface area contributed by atoms with Crippen LogP contribution >= 0.6 is 11.6 Å². The predicted octanol–water partition coefficient (Wildman–Crippen LogP) is 4.98. The molecule has 3 rings (SSSR count). The van der Waals surface area contributed by atoms with E-state index >= 15 is 0 Å². The first-order chi connectivity index (χ1) is 14.1. The van der Waals surface area contributed by atoms with Crippen LogP contribution in [0.5, 0.6) is 0 Å². The van der Waals surface area contributed by atoms with Crippen molar-refractivity contribution in [2.45, 2.75) is 38.8 Å². The summed E-state index contributed by atoms with van der Waals surface area (Å²) in [5.41, 5.74) is 3.75. The van der Waals surface area contributed by atoms with Gasteiger partial charge < -0.3 is 10.1 Å². The molecular formula is C23H26ClN3O2. The van der Waals surface area contributed by atoms with E-state index in [0.717, 1.165) is 50.0 Å². The lowest BCUT2D eigenvalue weighted by Crippen LogP contribution is -2.37. The Morgan fingerprint density at radius 2 is 2.10 bits per heavy atom. The van der Waals surface area contributed by atoms with Gasteiger partial charge in [0.25, 0.3) is 0 Å². The van der Waals surface area contributed by atoms with Crippen LogP contribution in [-0.4, -0.2) is 36.7 Å². The van der Waals surface area contributed by atoms with Gasteiger partial charge >= 0.3 is 6.09 Å². The lowest BCUT2D eigenvalue weighted by atomic mass is 10.0. The van der Waals surface area contributed by atoms with Crippen LogP contribution in [0.1, 0.15) is 37.3 Å². The molecule has 0 radical (unpaired) electrons. The number of carbonyl (C=O) groups excluding carboxylic acids is 1. The van der Waals surface area contributed by atoms with Gasteiger partial charge in [-0.25, -0.2) is 4.79 Å². The molecule has 0 spiro atoms. The van der Waals surface area contributed by atoms with Crippen molar-refractivity contribution in [2.24, 2.45) is 0 Å². The molecule has 0 saturated carbocycles. The molecule has 2 aromatic rings. The fourth-order valence-corrected chi connectivity index (χ4v) is 3.71. The number of nitrogens with one attached hydrogen (secondary N) is 1. The molecule has 0 aliphatic carbocycles. The molecule has 5 nitrogen and oxygen atoms in total. The number of amides is 1. The molecule has 1 N–H and O–H groups in total. The lowest BCUT2D eigenvalue weighted by Gasteiger charge is -2.18. The zero-order valence-electron chi connectivity index (χ0n) is 16.7. The number of hydrogen-bond donors (Lipinski definition) is 1. The van der Waals surface area contributed by atoms with E-state index in [1.807, 2.05) is 24.3 Å². The monoisotopic (exact) mass is 411 g/mol. The third-order valence-electron chi connectivity index (χ3n) is 5.09. The molecule has 152 valence electrons. The van der Waals surface area contributed by atoms with E-state index < -0.39 is 0 Å². The second kappa shape index (κ2) is 10.3. The normalized spacial score (nSPS) is 16.4. The van der Waals surface area contributed by atoms with Crippen molar-refractivity contribution in [1.29, 1.82) is 5.26 Å². The SMILES string of the molecule is CCCCOC(=O)N[C@H]1CCN(Cc2ccc(Cl)c(-c3ccc(C#N)cc3)c2)C1. The van der Waals surface area contributed by atoms with Crippen molar-refractivity contribution in [3.63, 3.8) is 0 Å². The van der Waals surface area contributed by atoms with Gasteiger partial charge in [-0.1, -0.05) is 43.1 Å². The van der Waals surface area contributed by atoms with E-state index in [9.17, 15) is 4.79 Å². The Hall–Kier alpha value is -2.55. The third kappa shape index (κ3) is 5.96. The van der Waals surface area contributed by atoms with E-state index in [1.165, 1.54) is 5.56 Å². The third-order valence-corrected chi connectivity index (χ3v) is 5.42. The summed E-state index contributed by atoms with van der Waals surface area (Å²) in [6.07, 6.45) is 2.50. The molecule has 1 saturated heterocycles. The highest BCUT2D eigenvalue weighted by Crippen LogP contribution is 2.30. The zero-order chi connectivity index (χ0) is 20.6. The summed E-state index contributed by atoms with van der Waals surface area (Å²) in [5.74, 6) is 0. The van der Waals surface area contributed by atoms with Gasteiger partial charge in [-0.3, -0.25) is 4.90 Å².